The third-order valence-corrected chi connectivity index (χ3v) is 7.57. The summed E-state index contributed by atoms with van der Waals surface area (Å²) in [6.07, 6.45) is -1.37. The zero-order chi connectivity index (χ0) is 19.5. The van der Waals surface area contributed by atoms with Crippen LogP contribution < -0.4 is 4.74 Å². The molecule has 1 aromatic carbocycles. The number of ketones is 1. The highest BCUT2D eigenvalue weighted by molar-refractivity contribution is 8.05. The molecule has 5 nitrogen and oxygen atoms in total. The molecule has 2 heterocycles. The van der Waals surface area contributed by atoms with E-state index in [9.17, 15) is 14.7 Å². The van der Waals surface area contributed by atoms with Crippen molar-refractivity contribution >= 4 is 35.1 Å². The van der Waals surface area contributed by atoms with Crippen molar-refractivity contribution in [2.45, 2.75) is 35.3 Å². The normalized spacial score (nSPS) is 37.9. The van der Waals surface area contributed by atoms with Crippen LogP contribution in [0.4, 0.5) is 4.39 Å². The minimum absolute atomic E-state index is 0.0334. The molecule has 7 unspecified atom stereocenters. The molecule has 27 heavy (non-hydrogen) atoms. The summed E-state index contributed by atoms with van der Waals surface area (Å²) in [5.74, 6) is -3.43. The molecule has 1 N–H and O–H groups in total. The summed E-state index contributed by atoms with van der Waals surface area (Å²) in [5, 5.41) is 8.98. The second-order valence-electron chi connectivity index (χ2n) is 7.12. The Balaban J connectivity index is 1.69. The number of methoxy groups -OCH3 is 1. The molecule has 1 aromatic rings. The largest absolute Gasteiger partial charge is 0.497 e. The fourth-order valence-corrected chi connectivity index (χ4v) is 6.39. The third kappa shape index (κ3) is 2.74. The van der Waals surface area contributed by atoms with Crippen LogP contribution in [-0.2, 0) is 9.59 Å². The monoisotopic (exact) mass is 411 g/mol. The van der Waals surface area contributed by atoms with Crippen molar-refractivity contribution in [1.82, 2.24) is 4.90 Å². The predicted octanol–water partition coefficient (Wildman–Crippen LogP) is 3.24. The number of carbonyl (C=O) groups excluding carboxylic acids is 1. The van der Waals surface area contributed by atoms with Gasteiger partial charge in [-0.1, -0.05) is 30.5 Å². The molecule has 1 aliphatic carbocycles. The van der Waals surface area contributed by atoms with Crippen molar-refractivity contribution in [3.63, 3.8) is 0 Å². The summed E-state index contributed by atoms with van der Waals surface area (Å²) in [5.41, 5.74) is 0.741. The molecule has 0 aromatic heterocycles. The van der Waals surface area contributed by atoms with Gasteiger partial charge in [0.25, 0.3) is 0 Å². The fraction of sp³-hybridized carbons (Fsp3) is 0.474. The SMILES string of the molecule is C=C1SC2C(C(=O)O)C(=O)C3CC(F)C(c4ccc(OC)cc4)C(Cl)C3N12. The molecular formula is C19H19ClFNO4S. The number of halogens is 2. The fourth-order valence-electron chi connectivity index (χ4n) is 4.54. The van der Waals surface area contributed by atoms with Crippen molar-refractivity contribution in [3.8, 4) is 5.75 Å². The predicted molar refractivity (Wildman–Crippen MR) is 101 cm³/mol. The Morgan fingerprint density at radius 2 is 2.07 bits per heavy atom. The maximum absolute atomic E-state index is 15.1. The minimum Gasteiger partial charge on any atom is -0.497 e. The first-order valence-electron chi connectivity index (χ1n) is 8.67. The number of benzene rings is 1. The summed E-state index contributed by atoms with van der Waals surface area (Å²) in [7, 11) is 1.56. The number of fused-ring (bicyclic) bond motifs is 3. The Bertz CT molecular complexity index is 803. The number of carboxylic acids is 1. The first kappa shape index (κ1) is 18.6. The molecule has 8 heteroatoms. The number of carboxylic acid groups (broad SMARTS) is 1. The number of Topliss-reactive ketones (excluding diaryl/α,β-unsaturated/α-hetero) is 1. The Kier molecular flexibility index (Phi) is 4.63. The van der Waals surface area contributed by atoms with E-state index in [2.05, 4.69) is 6.58 Å². The van der Waals surface area contributed by atoms with Gasteiger partial charge in [-0.2, -0.15) is 0 Å². The van der Waals surface area contributed by atoms with Crippen LogP contribution in [0.1, 0.15) is 17.9 Å². The van der Waals surface area contributed by atoms with Crippen molar-refractivity contribution < 1.29 is 23.8 Å². The van der Waals surface area contributed by atoms with Gasteiger partial charge in [-0.05, 0) is 24.1 Å². The lowest BCUT2D eigenvalue weighted by molar-refractivity contribution is -0.155. The smallest absolute Gasteiger partial charge is 0.317 e. The number of hydrogen-bond donors (Lipinski definition) is 1. The summed E-state index contributed by atoms with van der Waals surface area (Å²) >= 11 is 8.02. The Morgan fingerprint density at radius 3 is 2.63 bits per heavy atom. The maximum atomic E-state index is 15.1. The topological polar surface area (TPSA) is 66.8 Å². The lowest BCUT2D eigenvalue weighted by Crippen LogP contribution is -2.68. The van der Waals surface area contributed by atoms with E-state index in [1.54, 1.807) is 31.4 Å². The van der Waals surface area contributed by atoms with Crippen LogP contribution in [0.2, 0.25) is 0 Å². The lowest BCUT2D eigenvalue weighted by atomic mass is 9.67. The van der Waals surface area contributed by atoms with Gasteiger partial charge in [0.05, 0.1) is 23.6 Å². The number of piperidine rings is 1. The molecule has 0 bridgehead atoms. The van der Waals surface area contributed by atoms with Crippen LogP contribution in [0.3, 0.4) is 0 Å². The van der Waals surface area contributed by atoms with Crippen molar-refractivity contribution in [1.29, 1.82) is 0 Å². The van der Waals surface area contributed by atoms with E-state index in [1.807, 2.05) is 4.90 Å². The average molecular weight is 412 g/mol. The second kappa shape index (κ2) is 6.71. The van der Waals surface area contributed by atoms with Crippen LogP contribution in [-0.4, -0.2) is 51.8 Å². The van der Waals surface area contributed by atoms with Gasteiger partial charge < -0.3 is 14.7 Å². The number of alkyl halides is 2. The molecule has 7 atom stereocenters. The number of nitrogens with zero attached hydrogens (tertiary/aromatic N) is 1. The minimum atomic E-state index is -1.33. The molecule has 144 valence electrons. The van der Waals surface area contributed by atoms with E-state index in [1.165, 1.54) is 11.8 Å². The van der Waals surface area contributed by atoms with Gasteiger partial charge >= 0.3 is 5.97 Å². The molecule has 2 aliphatic heterocycles. The van der Waals surface area contributed by atoms with Crippen molar-refractivity contribution in [3.05, 3.63) is 41.4 Å². The molecule has 0 radical (unpaired) electrons. The molecule has 1 saturated carbocycles. The summed E-state index contributed by atoms with van der Waals surface area (Å²) in [6, 6.07) is 6.63. The van der Waals surface area contributed by atoms with E-state index in [0.29, 0.717) is 10.8 Å². The van der Waals surface area contributed by atoms with Gasteiger partial charge in [-0.25, -0.2) is 4.39 Å². The highest BCUT2D eigenvalue weighted by Crippen LogP contribution is 2.56. The van der Waals surface area contributed by atoms with E-state index in [-0.39, 0.29) is 6.42 Å². The molecule has 2 saturated heterocycles. The molecule has 3 aliphatic rings. The number of carbonyl (C=O) groups is 2. The molecule has 0 spiro atoms. The standard InChI is InChI=1S/C19H19ClFNO4S/c1-8-22-16-11(17(23)14(19(24)25)18(22)27-8)7-12(21)13(15(16)20)9-3-5-10(26-2)6-4-9/h3-6,11-16,18H,1,7H2,2H3,(H,24,25). The van der Waals surface area contributed by atoms with E-state index in [0.717, 1.165) is 5.56 Å². The van der Waals surface area contributed by atoms with E-state index in [4.69, 9.17) is 16.3 Å². The molecule has 3 fully saturated rings. The number of thioether (sulfide) groups is 1. The zero-order valence-corrected chi connectivity index (χ0v) is 16.1. The highest BCUT2D eigenvalue weighted by atomic mass is 35.5. The summed E-state index contributed by atoms with van der Waals surface area (Å²) in [6.45, 7) is 3.94. The van der Waals surface area contributed by atoms with Crippen LogP contribution in [0, 0.1) is 11.8 Å². The Labute approximate surface area is 165 Å². The molecule has 0 amide bonds. The summed E-state index contributed by atoms with van der Waals surface area (Å²) < 4.78 is 20.3. The van der Waals surface area contributed by atoms with E-state index >= 15 is 4.39 Å². The van der Waals surface area contributed by atoms with Crippen LogP contribution in [0.5, 0.6) is 5.75 Å². The van der Waals surface area contributed by atoms with Gasteiger partial charge in [0.15, 0.2) is 5.78 Å². The molecule has 4 rings (SSSR count). The van der Waals surface area contributed by atoms with E-state index < -0.39 is 52.5 Å². The first-order valence-corrected chi connectivity index (χ1v) is 9.99. The van der Waals surface area contributed by atoms with Gasteiger partial charge in [-0.3, -0.25) is 9.59 Å². The highest BCUT2D eigenvalue weighted by Gasteiger charge is 2.62. The van der Waals surface area contributed by atoms with Gasteiger partial charge in [-0.15, -0.1) is 11.6 Å². The second-order valence-corrected chi connectivity index (χ2v) is 8.81. The zero-order valence-electron chi connectivity index (χ0n) is 14.5. The van der Waals surface area contributed by atoms with Crippen molar-refractivity contribution in [2.24, 2.45) is 11.8 Å². The number of ether oxygens (including phenoxy) is 1. The number of rotatable bonds is 3. The van der Waals surface area contributed by atoms with Gasteiger partial charge in [0, 0.05) is 11.8 Å². The Morgan fingerprint density at radius 1 is 1.41 bits per heavy atom. The van der Waals surface area contributed by atoms with Gasteiger partial charge in [0.1, 0.15) is 23.2 Å². The van der Waals surface area contributed by atoms with Crippen LogP contribution in [0.25, 0.3) is 0 Å². The Hall–Kier alpha value is -1.73. The number of aliphatic carboxylic acids is 1. The number of hydrogen-bond acceptors (Lipinski definition) is 5. The maximum Gasteiger partial charge on any atom is 0.317 e. The summed E-state index contributed by atoms with van der Waals surface area (Å²) in [4.78, 5) is 26.3. The van der Waals surface area contributed by atoms with Crippen LogP contribution in [0.15, 0.2) is 35.9 Å². The lowest BCUT2D eigenvalue weighted by Gasteiger charge is -2.59. The van der Waals surface area contributed by atoms with Gasteiger partial charge in [0.2, 0.25) is 0 Å². The van der Waals surface area contributed by atoms with Crippen LogP contribution >= 0.6 is 23.4 Å². The molecular weight excluding hydrogens is 393 g/mol. The van der Waals surface area contributed by atoms with Crippen molar-refractivity contribution in [2.75, 3.05) is 7.11 Å². The average Bonchev–Trinajstić information content (AvgIpc) is 2.62. The third-order valence-electron chi connectivity index (χ3n) is 5.81. The quantitative estimate of drug-likeness (QED) is 0.608. The first-order chi connectivity index (χ1) is 12.8.